The number of anilines is 1. The summed E-state index contributed by atoms with van der Waals surface area (Å²) in [5.41, 5.74) is 4.47. The topological polar surface area (TPSA) is 95.1 Å². The number of hydrogen-bond donors (Lipinski definition) is 1. The number of nitrogens with zero attached hydrogens (tertiary/aromatic N) is 4. The summed E-state index contributed by atoms with van der Waals surface area (Å²) in [5.74, 6) is 3.39. The van der Waals surface area contributed by atoms with E-state index in [-0.39, 0.29) is 12.3 Å². The van der Waals surface area contributed by atoms with E-state index in [0.29, 0.717) is 6.61 Å². The molecule has 35 heavy (non-hydrogen) atoms. The van der Waals surface area contributed by atoms with E-state index >= 15 is 0 Å². The van der Waals surface area contributed by atoms with Gasteiger partial charge in [0.1, 0.15) is 23.9 Å². The van der Waals surface area contributed by atoms with Crippen LogP contribution in [0.5, 0.6) is 5.75 Å². The first-order valence-corrected chi connectivity index (χ1v) is 12.0. The van der Waals surface area contributed by atoms with Gasteiger partial charge in [-0.05, 0) is 68.7 Å². The predicted octanol–water partition coefficient (Wildman–Crippen LogP) is 5.04. The van der Waals surface area contributed by atoms with E-state index in [0.717, 1.165) is 70.6 Å². The molecule has 5 rings (SSSR count). The smallest absolute Gasteiger partial charge is 0.228 e. The Balaban J connectivity index is 1.16. The number of aryl methyl sites for hydroxylation is 3. The Bertz CT molecular complexity index is 1290. The number of carbonyl (C=O) groups excluding carboxylic acids is 1. The van der Waals surface area contributed by atoms with Crippen LogP contribution in [0.2, 0.25) is 0 Å². The van der Waals surface area contributed by atoms with Gasteiger partial charge < -0.3 is 19.1 Å². The van der Waals surface area contributed by atoms with Crippen LogP contribution in [0.3, 0.4) is 0 Å². The molecule has 3 heterocycles. The van der Waals surface area contributed by atoms with Crippen molar-refractivity contribution in [2.24, 2.45) is 0 Å². The van der Waals surface area contributed by atoms with Gasteiger partial charge in [0.2, 0.25) is 5.91 Å². The van der Waals surface area contributed by atoms with Gasteiger partial charge in [-0.15, -0.1) is 10.2 Å². The minimum atomic E-state index is -0.0708. The Morgan fingerprint density at radius 3 is 2.57 bits per heavy atom. The standard InChI is InChI=1S/C27H29N5O3/c1-18-24(19(2)35-31-18)17-34-23-13-7-20(8-14-23)16-26(33)28-22-11-9-21(10-12-22)27-30-29-25-6-4-3-5-15-32(25)27/h7-14H,3-6,15-17H2,1-2H3,(H,28,33). The molecule has 0 bridgehead atoms. The summed E-state index contributed by atoms with van der Waals surface area (Å²) in [6, 6.07) is 15.4. The number of nitrogens with one attached hydrogen (secondary N) is 1. The third kappa shape index (κ3) is 5.26. The van der Waals surface area contributed by atoms with Crippen LogP contribution in [0.15, 0.2) is 53.1 Å². The highest BCUT2D eigenvalue weighted by atomic mass is 16.5. The molecule has 0 saturated carbocycles. The zero-order chi connectivity index (χ0) is 24.2. The second-order valence-electron chi connectivity index (χ2n) is 8.94. The lowest BCUT2D eigenvalue weighted by Crippen LogP contribution is -2.14. The molecule has 2 aromatic carbocycles. The van der Waals surface area contributed by atoms with E-state index in [2.05, 4.69) is 25.2 Å². The van der Waals surface area contributed by atoms with Crippen LogP contribution >= 0.6 is 0 Å². The molecular formula is C27H29N5O3. The molecule has 1 N–H and O–H groups in total. The third-order valence-electron chi connectivity index (χ3n) is 6.39. The Morgan fingerprint density at radius 2 is 1.83 bits per heavy atom. The van der Waals surface area contributed by atoms with Gasteiger partial charge in [-0.1, -0.05) is 23.7 Å². The highest BCUT2D eigenvalue weighted by Gasteiger charge is 2.16. The van der Waals surface area contributed by atoms with Crippen LogP contribution in [0.4, 0.5) is 5.69 Å². The van der Waals surface area contributed by atoms with Crippen molar-refractivity contribution in [3.63, 3.8) is 0 Å². The molecule has 0 saturated heterocycles. The van der Waals surface area contributed by atoms with Gasteiger partial charge in [0, 0.05) is 24.2 Å². The number of hydrogen-bond acceptors (Lipinski definition) is 6. The minimum absolute atomic E-state index is 0.0708. The molecule has 0 unspecified atom stereocenters. The van der Waals surface area contributed by atoms with E-state index < -0.39 is 0 Å². The summed E-state index contributed by atoms with van der Waals surface area (Å²) in [5, 5.41) is 15.7. The number of carbonyl (C=O) groups is 1. The monoisotopic (exact) mass is 471 g/mol. The second kappa shape index (κ2) is 10.1. The van der Waals surface area contributed by atoms with Gasteiger partial charge in [0.25, 0.3) is 0 Å². The fourth-order valence-corrected chi connectivity index (χ4v) is 4.36. The molecule has 8 nitrogen and oxygen atoms in total. The first-order valence-electron chi connectivity index (χ1n) is 12.0. The summed E-state index contributed by atoms with van der Waals surface area (Å²) in [7, 11) is 0. The van der Waals surface area contributed by atoms with Crippen molar-refractivity contribution in [3.05, 3.63) is 76.9 Å². The predicted molar refractivity (Wildman–Crippen MR) is 132 cm³/mol. The molecule has 0 aliphatic carbocycles. The van der Waals surface area contributed by atoms with E-state index in [1.807, 2.05) is 62.4 Å². The highest BCUT2D eigenvalue weighted by molar-refractivity contribution is 5.92. The first-order chi connectivity index (χ1) is 17.1. The van der Waals surface area contributed by atoms with Gasteiger partial charge in [-0.3, -0.25) is 4.79 Å². The molecular weight excluding hydrogens is 442 g/mol. The zero-order valence-corrected chi connectivity index (χ0v) is 20.1. The normalized spacial score (nSPS) is 13.2. The van der Waals surface area contributed by atoms with Gasteiger partial charge >= 0.3 is 0 Å². The van der Waals surface area contributed by atoms with Crippen molar-refractivity contribution in [1.82, 2.24) is 19.9 Å². The van der Waals surface area contributed by atoms with Gasteiger partial charge in [0.05, 0.1) is 17.7 Å². The van der Waals surface area contributed by atoms with Crippen LogP contribution < -0.4 is 10.1 Å². The van der Waals surface area contributed by atoms with Crippen LogP contribution in [-0.2, 0) is 30.8 Å². The van der Waals surface area contributed by atoms with E-state index in [1.165, 1.54) is 12.8 Å². The number of amides is 1. The number of fused-ring (bicyclic) bond motifs is 1. The Labute approximate surface area is 204 Å². The Hall–Kier alpha value is -3.94. The maximum Gasteiger partial charge on any atom is 0.228 e. The van der Waals surface area contributed by atoms with Gasteiger partial charge in [-0.2, -0.15) is 0 Å². The number of aromatic nitrogens is 4. The largest absolute Gasteiger partial charge is 0.489 e. The van der Waals surface area contributed by atoms with E-state index in [9.17, 15) is 4.79 Å². The van der Waals surface area contributed by atoms with E-state index in [4.69, 9.17) is 9.26 Å². The fourth-order valence-electron chi connectivity index (χ4n) is 4.36. The lowest BCUT2D eigenvalue weighted by Gasteiger charge is -2.09. The van der Waals surface area contributed by atoms with Crippen molar-refractivity contribution in [2.75, 3.05) is 5.32 Å². The molecule has 0 spiro atoms. The summed E-state index contributed by atoms with van der Waals surface area (Å²) < 4.78 is 13.2. The number of ether oxygens (including phenoxy) is 1. The highest BCUT2D eigenvalue weighted by Crippen LogP contribution is 2.24. The van der Waals surface area contributed by atoms with Crippen molar-refractivity contribution >= 4 is 11.6 Å². The molecule has 8 heteroatoms. The Kier molecular flexibility index (Phi) is 6.61. The van der Waals surface area contributed by atoms with Gasteiger partial charge in [0.15, 0.2) is 5.82 Å². The lowest BCUT2D eigenvalue weighted by molar-refractivity contribution is -0.115. The van der Waals surface area contributed by atoms with Gasteiger partial charge in [-0.25, -0.2) is 0 Å². The molecule has 2 aromatic heterocycles. The minimum Gasteiger partial charge on any atom is -0.489 e. The third-order valence-corrected chi connectivity index (χ3v) is 6.39. The molecule has 1 amide bonds. The second-order valence-corrected chi connectivity index (χ2v) is 8.94. The quantitative estimate of drug-likeness (QED) is 0.406. The summed E-state index contributed by atoms with van der Waals surface area (Å²) in [6.45, 7) is 5.12. The fraction of sp³-hybridized carbons (Fsp3) is 0.333. The van der Waals surface area contributed by atoms with Crippen molar-refractivity contribution in [1.29, 1.82) is 0 Å². The summed E-state index contributed by atoms with van der Waals surface area (Å²) >= 11 is 0. The van der Waals surface area contributed by atoms with Crippen molar-refractivity contribution in [2.45, 2.75) is 59.1 Å². The molecule has 1 aliphatic heterocycles. The number of rotatable bonds is 7. The maximum atomic E-state index is 12.6. The van der Waals surface area contributed by atoms with Crippen LogP contribution in [0, 0.1) is 13.8 Å². The SMILES string of the molecule is Cc1noc(C)c1COc1ccc(CC(=O)Nc2ccc(-c3nnc4n3CCCCC4)cc2)cc1. The lowest BCUT2D eigenvalue weighted by atomic mass is 10.1. The number of benzene rings is 2. The van der Waals surface area contributed by atoms with Crippen LogP contribution in [-0.4, -0.2) is 25.8 Å². The first kappa shape index (κ1) is 22.8. The average Bonchev–Trinajstić information content (AvgIpc) is 3.31. The van der Waals surface area contributed by atoms with Crippen molar-refractivity contribution < 1.29 is 14.1 Å². The van der Waals surface area contributed by atoms with Crippen LogP contribution in [0.25, 0.3) is 11.4 Å². The van der Waals surface area contributed by atoms with Crippen LogP contribution in [0.1, 0.15) is 47.7 Å². The maximum absolute atomic E-state index is 12.6. The average molecular weight is 472 g/mol. The van der Waals surface area contributed by atoms with Crippen molar-refractivity contribution in [3.8, 4) is 17.1 Å². The summed E-state index contributed by atoms with van der Waals surface area (Å²) in [6.07, 6.45) is 4.81. The molecule has 0 radical (unpaired) electrons. The molecule has 1 aliphatic rings. The molecule has 0 fully saturated rings. The molecule has 180 valence electrons. The van der Waals surface area contributed by atoms with E-state index in [1.54, 1.807) is 0 Å². The zero-order valence-electron chi connectivity index (χ0n) is 20.1. The Morgan fingerprint density at radius 1 is 1.03 bits per heavy atom. The molecule has 0 atom stereocenters. The molecule has 4 aromatic rings. The summed E-state index contributed by atoms with van der Waals surface area (Å²) in [4.78, 5) is 12.6.